The molecule has 0 radical (unpaired) electrons. The molecule has 0 spiro atoms. The molecule has 7 heteroatoms. The Bertz CT molecular complexity index is 1310. The second-order valence-corrected chi connectivity index (χ2v) is 8.23. The molecular formula is C26H25N5O2. The smallest absolute Gasteiger partial charge is 0.255 e. The van der Waals surface area contributed by atoms with Crippen LogP contribution >= 0.6 is 0 Å². The second-order valence-electron chi connectivity index (χ2n) is 8.23. The van der Waals surface area contributed by atoms with E-state index in [1.165, 1.54) is 0 Å². The van der Waals surface area contributed by atoms with Crippen molar-refractivity contribution in [2.75, 3.05) is 19.6 Å². The zero-order valence-corrected chi connectivity index (χ0v) is 18.3. The summed E-state index contributed by atoms with van der Waals surface area (Å²) >= 11 is 0. The van der Waals surface area contributed by atoms with Crippen LogP contribution in [0.1, 0.15) is 28.5 Å². The Balaban J connectivity index is 1.64. The number of piperazine rings is 1. The highest BCUT2D eigenvalue weighted by Gasteiger charge is 2.27. The van der Waals surface area contributed by atoms with Crippen LogP contribution in [0.25, 0.3) is 34.4 Å². The molecule has 1 amide bonds. The number of amides is 1. The lowest BCUT2D eigenvalue weighted by Gasteiger charge is -2.34. The zero-order chi connectivity index (χ0) is 22.8. The summed E-state index contributed by atoms with van der Waals surface area (Å²) in [6.45, 7) is 4.22. The molecule has 0 saturated carbocycles. The number of fused-ring (bicyclic) bond motifs is 1. The SMILES string of the molecule is CC1CNCCN1C(=O)c1cc(-c2ccc(O)cc2)nc2[nH]nc(C=Cc3ccccc3)c12. The highest BCUT2D eigenvalue weighted by atomic mass is 16.3. The Hall–Kier alpha value is -3.97. The molecule has 4 aromatic rings. The lowest BCUT2D eigenvalue weighted by Crippen LogP contribution is -2.52. The van der Waals surface area contributed by atoms with Crippen LogP contribution in [0.5, 0.6) is 5.75 Å². The fraction of sp³-hybridized carbons (Fsp3) is 0.192. The van der Waals surface area contributed by atoms with Gasteiger partial charge in [-0.15, -0.1) is 0 Å². The van der Waals surface area contributed by atoms with Crippen molar-refractivity contribution in [1.82, 2.24) is 25.4 Å². The van der Waals surface area contributed by atoms with Gasteiger partial charge in [-0.1, -0.05) is 36.4 Å². The third kappa shape index (κ3) is 4.23. The van der Waals surface area contributed by atoms with Gasteiger partial charge in [0.2, 0.25) is 0 Å². The van der Waals surface area contributed by atoms with E-state index in [-0.39, 0.29) is 17.7 Å². The Labute approximate surface area is 191 Å². The number of phenolic OH excluding ortho intramolecular Hbond substituents is 1. The zero-order valence-electron chi connectivity index (χ0n) is 18.3. The fourth-order valence-electron chi connectivity index (χ4n) is 4.16. The first-order valence-corrected chi connectivity index (χ1v) is 11.0. The number of carbonyl (C=O) groups is 1. The topological polar surface area (TPSA) is 94.1 Å². The van der Waals surface area contributed by atoms with Gasteiger partial charge in [-0.05, 0) is 48.9 Å². The van der Waals surface area contributed by atoms with Crippen molar-refractivity contribution >= 4 is 29.1 Å². The summed E-state index contributed by atoms with van der Waals surface area (Å²) in [5.41, 5.74) is 4.30. The molecular weight excluding hydrogens is 414 g/mol. The molecule has 5 rings (SSSR count). The van der Waals surface area contributed by atoms with E-state index < -0.39 is 0 Å². The highest BCUT2D eigenvalue weighted by molar-refractivity contribution is 6.09. The first-order chi connectivity index (χ1) is 16.1. The summed E-state index contributed by atoms with van der Waals surface area (Å²) in [6, 6.07) is 18.7. The fourth-order valence-corrected chi connectivity index (χ4v) is 4.16. The van der Waals surface area contributed by atoms with Crippen molar-refractivity contribution in [1.29, 1.82) is 0 Å². The highest BCUT2D eigenvalue weighted by Crippen LogP contribution is 2.29. The Morgan fingerprint density at radius 1 is 1.12 bits per heavy atom. The van der Waals surface area contributed by atoms with Gasteiger partial charge in [0.25, 0.3) is 5.91 Å². The van der Waals surface area contributed by atoms with Gasteiger partial charge < -0.3 is 15.3 Å². The molecule has 0 aliphatic carbocycles. The van der Waals surface area contributed by atoms with Crippen LogP contribution in [-0.4, -0.2) is 56.8 Å². The van der Waals surface area contributed by atoms with Crippen LogP contribution in [0, 0.1) is 0 Å². The van der Waals surface area contributed by atoms with Crippen LogP contribution in [-0.2, 0) is 0 Å². The Kier molecular flexibility index (Phi) is 5.62. The van der Waals surface area contributed by atoms with E-state index in [4.69, 9.17) is 4.98 Å². The van der Waals surface area contributed by atoms with Crippen LogP contribution in [0.2, 0.25) is 0 Å². The van der Waals surface area contributed by atoms with Gasteiger partial charge in [-0.25, -0.2) is 4.98 Å². The molecule has 2 aromatic carbocycles. The molecule has 33 heavy (non-hydrogen) atoms. The Morgan fingerprint density at radius 3 is 2.67 bits per heavy atom. The van der Waals surface area contributed by atoms with Gasteiger partial charge in [0, 0.05) is 31.2 Å². The number of aromatic nitrogens is 3. The van der Waals surface area contributed by atoms with E-state index in [0.29, 0.717) is 34.5 Å². The molecule has 166 valence electrons. The quantitative estimate of drug-likeness (QED) is 0.448. The van der Waals surface area contributed by atoms with Crippen molar-refractivity contribution in [2.45, 2.75) is 13.0 Å². The van der Waals surface area contributed by atoms with E-state index in [2.05, 4.69) is 22.4 Å². The standard InChI is InChI=1S/C26H25N5O2/c1-17-16-27-13-14-31(17)26(33)21-15-23(19-8-10-20(32)11-9-19)28-25-24(21)22(29-30-25)12-7-18-5-3-2-4-6-18/h2-12,15,17,27,32H,13-14,16H2,1H3,(H,28,29,30). The number of nitrogens with zero attached hydrogens (tertiary/aromatic N) is 3. The van der Waals surface area contributed by atoms with E-state index >= 15 is 0 Å². The third-order valence-corrected chi connectivity index (χ3v) is 5.95. The number of hydrogen-bond acceptors (Lipinski definition) is 5. The summed E-state index contributed by atoms with van der Waals surface area (Å²) in [6.07, 6.45) is 3.89. The monoisotopic (exact) mass is 439 g/mol. The van der Waals surface area contributed by atoms with E-state index in [1.807, 2.05) is 53.5 Å². The first-order valence-electron chi connectivity index (χ1n) is 11.0. The van der Waals surface area contributed by atoms with Crippen molar-refractivity contribution < 1.29 is 9.90 Å². The van der Waals surface area contributed by atoms with Gasteiger partial charge >= 0.3 is 0 Å². The molecule has 1 saturated heterocycles. The number of nitrogens with one attached hydrogen (secondary N) is 2. The van der Waals surface area contributed by atoms with Gasteiger partial charge in [-0.3, -0.25) is 9.89 Å². The average Bonchev–Trinajstić information content (AvgIpc) is 3.26. The predicted molar refractivity (Wildman–Crippen MR) is 130 cm³/mol. The maximum absolute atomic E-state index is 13.8. The summed E-state index contributed by atoms with van der Waals surface area (Å²) in [4.78, 5) is 20.4. The molecule has 7 nitrogen and oxygen atoms in total. The number of pyridine rings is 1. The second kappa shape index (κ2) is 8.88. The minimum absolute atomic E-state index is 0.0350. The molecule has 1 atom stereocenters. The largest absolute Gasteiger partial charge is 0.508 e. The molecule has 3 heterocycles. The molecule has 1 fully saturated rings. The number of H-pyrrole nitrogens is 1. The summed E-state index contributed by atoms with van der Waals surface area (Å²) < 4.78 is 0. The van der Waals surface area contributed by atoms with Crippen molar-refractivity contribution in [3.05, 3.63) is 77.5 Å². The molecule has 0 bridgehead atoms. The van der Waals surface area contributed by atoms with Crippen molar-refractivity contribution in [3.63, 3.8) is 0 Å². The number of rotatable bonds is 4. The number of benzene rings is 2. The molecule has 1 unspecified atom stereocenters. The number of phenols is 1. The number of hydrogen-bond donors (Lipinski definition) is 3. The van der Waals surface area contributed by atoms with Crippen molar-refractivity contribution in [3.8, 4) is 17.0 Å². The van der Waals surface area contributed by atoms with Crippen molar-refractivity contribution in [2.24, 2.45) is 0 Å². The summed E-state index contributed by atoms with van der Waals surface area (Å²) in [7, 11) is 0. The molecule has 3 N–H and O–H groups in total. The normalized spacial score (nSPS) is 16.5. The molecule has 1 aliphatic rings. The molecule has 1 aliphatic heterocycles. The predicted octanol–water partition coefficient (Wildman–Crippen LogP) is 3.93. The minimum atomic E-state index is -0.0350. The average molecular weight is 440 g/mol. The van der Waals surface area contributed by atoms with E-state index in [9.17, 15) is 9.90 Å². The molecule has 2 aromatic heterocycles. The lowest BCUT2D eigenvalue weighted by molar-refractivity contribution is 0.0657. The van der Waals surface area contributed by atoms with E-state index in [1.54, 1.807) is 24.3 Å². The van der Waals surface area contributed by atoms with Crippen LogP contribution in [0.3, 0.4) is 0 Å². The van der Waals surface area contributed by atoms with Crippen LogP contribution in [0.4, 0.5) is 0 Å². The summed E-state index contributed by atoms with van der Waals surface area (Å²) in [5.74, 6) is 0.146. The van der Waals surface area contributed by atoms with Gasteiger partial charge in [-0.2, -0.15) is 5.10 Å². The minimum Gasteiger partial charge on any atom is -0.508 e. The maximum Gasteiger partial charge on any atom is 0.255 e. The lowest BCUT2D eigenvalue weighted by atomic mass is 10.0. The Morgan fingerprint density at radius 2 is 1.91 bits per heavy atom. The first kappa shape index (κ1) is 20.9. The van der Waals surface area contributed by atoms with Crippen LogP contribution < -0.4 is 5.32 Å². The number of aromatic hydroxyl groups is 1. The summed E-state index contributed by atoms with van der Waals surface area (Å²) in [5, 5.41) is 21.2. The van der Waals surface area contributed by atoms with Gasteiger partial charge in [0.1, 0.15) is 5.75 Å². The maximum atomic E-state index is 13.8. The van der Waals surface area contributed by atoms with E-state index in [0.717, 1.165) is 24.2 Å². The van der Waals surface area contributed by atoms with Crippen LogP contribution in [0.15, 0.2) is 60.7 Å². The third-order valence-electron chi connectivity index (χ3n) is 5.95. The van der Waals surface area contributed by atoms with Gasteiger partial charge in [0.05, 0.1) is 22.3 Å². The number of aromatic amines is 1. The van der Waals surface area contributed by atoms with Gasteiger partial charge in [0.15, 0.2) is 5.65 Å². The number of carbonyl (C=O) groups excluding carboxylic acids is 1.